The Bertz CT molecular complexity index is 1280. The van der Waals surface area contributed by atoms with Crippen molar-refractivity contribution in [2.45, 2.75) is 12.8 Å². The molecule has 1 saturated heterocycles. The summed E-state index contributed by atoms with van der Waals surface area (Å²) < 4.78 is 12.5. The average Bonchev–Trinajstić information content (AvgIpc) is 3.59. The molecule has 1 fully saturated rings. The maximum absolute atomic E-state index is 11.5. The standard InChI is InChI=1S/C21H21N7O3S/c1-30-15-8-14(7-13(10-29)18(15)31-2)28-9-16(22-11-28)24-21-25-19(27-5-3-4-6-27)17-20(26-21)32-12-23-17/h7-12H,3-6H2,1-2H3,(H,24,25,26). The summed E-state index contributed by atoms with van der Waals surface area (Å²) in [4.78, 5) is 32.8. The van der Waals surface area contributed by atoms with Gasteiger partial charge in [0, 0.05) is 19.2 Å². The van der Waals surface area contributed by atoms with Crippen LogP contribution in [-0.2, 0) is 0 Å². The van der Waals surface area contributed by atoms with Gasteiger partial charge in [0.2, 0.25) is 5.95 Å². The highest BCUT2D eigenvalue weighted by Crippen LogP contribution is 2.33. The number of nitrogens with one attached hydrogen (secondary N) is 1. The summed E-state index contributed by atoms with van der Waals surface area (Å²) in [5.74, 6) is 2.75. The highest BCUT2D eigenvalue weighted by molar-refractivity contribution is 7.16. The van der Waals surface area contributed by atoms with E-state index in [2.05, 4.69) is 25.2 Å². The van der Waals surface area contributed by atoms with Crippen LogP contribution in [0.1, 0.15) is 23.2 Å². The number of benzene rings is 1. The fourth-order valence-electron chi connectivity index (χ4n) is 3.81. The maximum Gasteiger partial charge on any atom is 0.231 e. The van der Waals surface area contributed by atoms with Crippen LogP contribution in [0.3, 0.4) is 0 Å². The molecule has 4 heterocycles. The number of aromatic nitrogens is 5. The second-order valence-electron chi connectivity index (χ2n) is 7.25. The largest absolute Gasteiger partial charge is 0.493 e. The number of methoxy groups -OCH3 is 2. The lowest BCUT2D eigenvalue weighted by Gasteiger charge is -2.17. The minimum atomic E-state index is 0.388. The van der Waals surface area contributed by atoms with Crippen LogP contribution < -0.4 is 19.7 Å². The predicted octanol–water partition coefficient (Wildman–Crippen LogP) is 3.45. The molecule has 0 radical (unpaired) electrons. The van der Waals surface area contributed by atoms with Gasteiger partial charge in [0.1, 0.15) is 11.8 Å². The van der Waals surface area contributed by atoms with Gasteiger partial charge in [-0.05, 0) is 18.9 Å². The Balaban J connectivity index is 1.46. The fraction of sp³-hybridized carbons (Fsp3) is 0.286. The van der Waals surface area contributed by atoms with Gasteiger partial charge in [0.05, 0.1) is 37.2 Å². The van der Waals surface area contributed by atoms with Gasteiger partial charge in [0.25, 0.3) is 0 Å². The zero-order valence-corrected chi connectivity index (χ0v) is 18.4. The summed E-state index contributed by atoms with van der Waals surface area (Å²) in [6, 6.07) is 3.49. The average molecular weight is 452 g/mol. The van der Waals surface area contributed by atoms with E-state index in [1.165, 1.54) is 25.6 Å². The van der Waals surface area contributed by atoms with Gasteiger partial charge < -0.3 is 24.3 Å². The van der Waals surface area contributed by atoms with Gasteiger partial charge in [-0.3, -0.25) is 4.79 Å². The van der Waals surface area contributed by atoms with Crippen LogP contribution in [0, 0.1) is 0 Å². The first kappa shape index (κ1) is 20.2. The van der Waals surface area contributed by atoms with E-state index >= 15 is 0 Å². The van der Waals surface area contributed by atoms with E-state index in [1.807, 2.05) is 0 Å². The second-order valence-corrected chi connectivity index (χ2v) is 8.08. The molecule has 0 aliphatic carbocycles. The first-order valence-electron chi connectivity index (χ1n) is 10.1. The molecule has 4 aromatic rings. The molecule has 0 spiro atoms. The number of imidazole rings is 1. The van der Waals surface area contributed by atoms with Crippen molar-refractivity contribution in [1.82, 2.24) is 24.5 Å². The Morgan fingerprint density at radius 3 is 2.72 bits per heavy atom. The zero-order valence-electron chi connectivity index (χ0n) is 17.6. The van der Waals surface area contributed by atoms with Crippen LogP contribution in [0.25, 0.3) is 16.0 Å². The summed E-state index contributed by atoms with van der Waals surface area (Å²) in [6.07, 6.45) is 6.48. The van der Waals surface area contributed by atoms with Crippen LogP contribution in [0.5, 0.6) is 11.5 Å². The number of anilines is 3. The molecule has 164 valence electrons. The van der Waals surface area contributed by atoms with E-state index in [0.29, 0.717) is 34.5 Å². The third-order valence-electron chi connectivity index (χ3n) is 5.33. The van der Waals surface area contributed by atoms with Crippen LogP contribution >= 0.6 is 11.3 Å². The molecule has 32 heavy (non-hydrogen) atoms. The molecule has 11 heteroatoms. The van der Waals surface area contributed by atoms with Crippen molar-refractivity contribution in [2.75, 3.05) is 37.5 Å². The number of rotatable bonds is 7. The molecule has 5 rings (SSSR count). The molecular weight excluding hydrogens is 430 g/mol. The molecule has 0 saturated carbocycles. The normalized spacial score (nSPS) is 13.5. The van der Waals surface area contributed by atoms with Crippen molar-refractivity contribution in [3.05, 3.63) is 35.7 Å². The molecule has 0 bridgehead atoms. The zero-order chi connectivity index (χ0) is 22.1. The second kappa shape index (κ2) is 8.42. The Hall–Kier alpha value is -3.73. The lowest BCUT2D eigenvalue weighted by atomic mass is 10.1. The van der Waals surface area contributed by atoms with E-state index in [-0.39, 0.29) is 0 Å². The minimum Gasteiger partial charge on any atom is -0.493 e. The lowest BCUT2D eigenvalue weighted by Crippen LogP contribution is -2.20. The first-order valence-corrected chi connectivity index (χ1v) is 11.0. The van der Waals surface area contributed by atoms with Crippen molar-refractivity contribution >= 4 is 45.6 Å². The van der Waals surface area contributed by atoms with Gasteiger partial charge in [0.15, 0.2) is 34.3 Å². The molecule has 3 aromatic heterocycles. The molecule has 1 N–H and O–H groups in total. The van der Waals surface area contributed by atoms with Crippen molar-refractivity contribution in [2.24, 2.45) is 0 Å². The number of fused-ring (bicyclic) bond motifs is 1. The quantitative estimate of drug-likeness (QED) is 0.423. The van der Waals surface area contributed by atoms with Crippen molar-refractivity contribution in [3.63, 3.8) is 0 Å². The molecule has 1 aromatic carbocycles. The van der Waals surface area contributed by atoms with E-state index in [9.17, 15) is 4.79 Å². The monoisotopic (exact) mass is 451 g/mol. The van der Waals surface area contributed by atoms with Gasteiger partial charge in [-0.1, -0.05) is 0 Å². The summed E-state index contributed by atoms with van der Waals surface area (Å²) in [5.41, 5.74) is 3.72. The molecule has 0 atom stereocenters. The summed E-state index contributed by atoms with van der Waals surface area (Å²) in [6.45, 7) is 1.94. The fourth-order valence-corrected chi connectivity index (χ4v) is 4.46. The summed E-state index contributed by atoms with van der Waals surface area (Å²) in [5, 5.41) is 3.19. The molecule has 10 nitrogen and oxygen atoms in total. The number of aldehydes is 1. The van der Waals surface area contributed by atoms with Crippen LogP contribution in [-0.4, -0.2) is 58.1 Å². The van der Waals surface area contributed by atoms with Crippen molar-refractivity contribution in [1.29, 1.82) is 0 Å². The smallest absolute Gasteiger partial charge is 0.231 e. The maximum atomic E-state index is 11.5. The molecule has 1 aliphatic rings. The molecular formula is C21H21N7O3S. The number of carbonyl (C=O) groups excluding carboxylic acids is 1. The summed E-state index contributed by atoms with van der Waals surface area (Å²) in [7, 11) is 3.03. The van der Waals surface area contributed by atoms with Crippen LogP contribution in [0.4, 0.5) is 17.6 Å². The number of hydrogen-bond acceptors (Lipinski definition) is 10. The van der Waals surface area contributed by atoms with Crippen LogP contribution in [0.2, 0.25) is 0 Å². The van der Waals surface area contributed by atoms with Gasteiger partial charge in [-0.25, -0.2) is 9.97 Å². The van der Waals surface area contributed by atoms with Crippen molar-refractivity contribution < 1.29 is 14.3 Å². The van der Waals surface area contributed by atoms with E-state index in [4.69, 9.17) is 14.5 Å². The number of nitrogens with zero attached hydrogens (tertiary/aromatic N) is 6. The predicted molar refractivity (Wildman–Crippen MR) is 122 cm³/mol. The third kappa shape index (κ3) is 3.60. The number of hydrogen-bond donors (Lipinski definition) is 1. The van der Waals surface area contributed by atoms with E-state index in [1.54, 1.807) is 34.7 Å². The van der Waals surface area contributed by atoms with E-state index < -0.39 is 0 Å². The lowest BCUT2D eigenvalue weighted by molar-refractivity contribution is 0.112. The first-order chi connectivity index (χ1) is 15.7. The Kier molecular flexibility index (Phi) is 5.31. The van der Waals surface area contributed by atoms with Gasteiger partial charge in [-0.15, -0.1) is 11.3 Å². The number of ether oxygens (including phenoxy) is 2. The Labute approximate surface area is 187 Å². The minimum absolute atomic E-state index is 0.388. The Morgan fingerprint density at radius 1 is 1.12 bits per heavy atom. The van der Waals surface area contributed by atoms with Gasteiger partial charge in [-0.2, -0.15) is 9.97 Å². The molecule has 1 aliphatic heterocycles. The molecule has 0 unspecified atom stereocenters. The molecule has 0 amide bonds. The highest BCUT2D eigenvalue weighted by atomic mass is 32.1. The third-order valence-corrected chi connectivity index (χ3v) is 6.04. The SMILES string of the molecule is COc1cc(-n2cnc(Nc3nc(N4CCCC4)c4ncsc4n3)c2)cc(C=O)c1OC. The number of thiazole rings is 1. The number of carbonyl (C=O) groups is 1. The van der Waals surface area contributed by atoms with Crippen molar-refractivity contribution in [3.8, 4) is 17.2 Å². The topological polar surface area (TPSA) is 107 Å². The van der Waals surface area contributed by atoms with Crippen LogP contribution in [0.15, 0.2) is 30.2 Å². The Morgan fingerprint density at radius 2 is 1.97 bits per heavy atom. The van der Waals surface area contributed by atoms with Gasteiger partial charge >= 0.3 is 0 Å². The van der Waals surface area contributed by atoms with E-state index in [0.717, 1.165) is 48.4 Å². The summed E-state index contributed by atoms with van der Waals surface area (Å²) >= 11 is 1.49. The highest BCUT2D eigenvalue weighted by Gasteiger charge is 2.20.